The molecule has 0 saturated carbocycles. The van der Waals surface area contributed by atoms with Crippen LogP contribution in [0.15, 0.2) is 0 Å². The third-order valence-corrected chi connectivity index (χ3v) is 2.56. The second-order valence-corrected chi connectivity index (χ2v) is 4.40. The number of aromatic nitrogens is 2. The number of rotatable bonds is 5. The van der Waals surface area contributed by atoms with Gasteiger partial charge in [0.25, 0.3) is 0 Å². The van der Waals surface area contributed by atoms with Crippen LogP contribution in [0, 0.1) is 13.8 Å². The van der Waals surface area contributed by atoms with Crippen molar-refractivity contribution in [2.45, 2.75) is 46.7 Å². The number of aryl methyl sites for hydroxylation is 2. The highest BCUT2D eigenvalue weighted by Crippen LogP contribution is 2.10. The lowest BCUT2D eigenvalue weighted by molar-refractivity contribution is -0.121. The molecule has 1 rings (SSSR count). The third-order valence-electron chi connectivity index (χ3n) is 2.56. The van der Waals surface area contributed by atoms with E-state index in [0.717, 1.165) is 12.0 Å². The first-order valence-electron chi connectivity index (χ1n) is 5.74. The number of nitrogens with zero attached hydrogens (tertiary/aromatic N) is 2. The Morgan fingerprint density at radius 2 is 2.12 bits per heavy atom. The van der Waals surface area contributed by atoms with Crippen LogP contribution in [0.25, 0.3) is 0 Å². The smallest absolute Gasteiger partial charge is 0.222 e. The van der Waals surface area contributed by atoms with Gasteiger partial charge in [0.05, 0.1) is 11.3 Å². The summed E-state index contributed by atoms with van der Waals surface area (Å²) >= 11 is 0. The molecule has 0 saturated heterocycles. The van der Waals surface area contributed by atoms with Crippen molar-refractivity contribution in [2.24, 2.45) is 0 Å². The van der Waals surface area contributed by atoms with Gasteiger partial charge < -0.3 is 5.32 Å². The summed E-state index contributed by atoms with van der Waals surface area (Å²) in [6.45, 7) is 7.97. The molecule has 0 bridgehead atoms. The fraction of sp³-hybridized carbons (Fsp3) is 0.583. The minimum absolute atomic E-state index is 0.000191. The largest absolute Gasteiger partial charge is 0.354 e. The summed E-state index contributed by atoms with van der Waals surface area (Å²) < 4.78 is 1.71. The minimum atomic E-state index is 0.000191. The molecule has 0 fully saturated rings. The molecule has 1 amide bonds. The number of hydrogen-bond donors (Lipinski definition) is 1. The van der Waals surface area contributed by atoms with Crippen LogP contribution in [0.4, 0.5) is 0 Å². The Morgan fingerprint density at radius 1 is 1.47 bits per heavy atom. The van der Waals surface area contributed by atoms with Crippen molar-refractivity contribution >= 4 is 12.2 Å². The van der Waals surface area contributed by atoms with E-state index in [1.54, 1.807) is 11.6 Å². The Labute approximate surface area is 101 Å². The molecule has 1 N–H and O–H groups in total. The molecular formula is C12H19N3O2. The van der Waals surface area contributed by atoms with Gasteiger partial charge >= 0.3 is 0 Å². The molecule has 0 aliphatic rings. The van der Waals surface area contributed by atoms with Crippen LogP contribution in [0.5, 0.6) is 0 Å². The molecule has 0 unspecified atom stereocenters. The molecule has 0 aromatic carbocycles. The van der Waals surface area contributed by atoms with Crippen LogP contribution in [-0.4, -0.2) is 28.0 Å². The second-order valence-electron chi connectivity index (χ2n) is 4.40. The highest BCUT2D eigenvalue weighted by Gasteiger charge is 2.11. The Morgan fingerprint density at radius 3 is 2.59 bits per heavy atom. The molecule has 5 nitrogen and oxygen atoms in total. The number of carbonyl (C=O) groups excluding carboxylic acids is 2. The Bertz CT molecular complexity index is 422. The maximum Gasteiger partial charge on any atom is 0.222 e. The summed E-state index contributed by atoms with van der Waals surface area (Å²) in [5.74, 6) is 0.000191. The predicted octanol–water partition coefficient (Wildman–Crippen LogP) is 1.23. The monoisotopic (exact) mass is 237 g/mol. The SMILES string of the molecule is Cc1nn(CCC(=O)NC(C)C)c(C)c1C=O. The average Bonchev–Trinajstić information content (AvgIpc) is 2.49. The zero-order chi connectivity index (χ0) is 13.0. The fourth-order valence-corrected chi connectivity index (χ4v) is 1.70. The fourth-order valence-electron chi connectivity index (χ4n) is 1.70. The van der Waals surface area contributed by atoms with Crippen LogP contribution in [0.2, 0.25) is 0 Å². The van der Waals surface area contributed by atoms with Gasteiger partial charge in [0.2, 0.25) is 5.91 Å². The zero-order valence-electron chi connectivity index (χ0n) is 10.8. The van der Waals surface area contributed by atoms with Crippen molar-refractivity contribution in [1.82, 2.24) is 15.1 Å². The first-order valence-corrected chi connectivity index (χ1v) is 5.74. The normalized spacial score (nSPS) is 10.6. The molecule has 0 spiro atoms. The van der Waals surface area contributed by atoms with Crippen LogP contribution in [-0.2, 0) is 11.3 Å². The number of aldehydes is 1. The molecule has 0 radical (unpaired) electrons. The highest BCUT2D eigenvalue weighted by molar-refractivity contribution is 5.78. The van der Waals surface area contributed by atoms with Gasteiger partial charge in [-0.05, 0) is 27.7 Å². The second kappa shape index (κ2) is 5.61. The molecule has 1 aromatic rings. The lowest BCUT2D eigenvalue weighted by Crippen LogP contribution is -2.30. The van der Waals surface area contributed by atoms with E-state index in [1.807, 2.05) is 20.8 Å². The van der Waals surface area contributed by atoms with Crippen molar-refractivity contribution in [3.8, 4) is 0 Å². The molecule has 1 heterocycles. The molecule has 0 atom stereocenters. The van der Waals surface area contributed by atoms with E-state index in [9.17, 15) is 9.59 Å². The predicted molar refractivity (Wildman–Crippen MR) is 65.0 cm³/mol. The van der Waals surface area contributed by atoms with Crippen LogP contribution >= 0.6 is 0 Å². The maximum absolute atomic E-state index is 11.5. The van der Waals surface area contributed by atoms with Crippen LogP contribution in [0.1, 0.15) is 42.0 Å². The van der Waals surface area contributed by atoms with E-state index in [-0.39, 0.29) is 11.9 Å². The standard InChI is InChI=1S/C12H19N3O2/c1-8(2)13-12(17)5-6-15-10(4)11(7-16)9(3)14-15/h7-8H,5-6H2,1-4H3,(H,13,17). The van der Waals surface area contributed by atoms with E-state index >= 15 is 0 Å². The van der Waals surface area contributed by atoms with Gasteiger partial charge in [-0.3, -0.25) is 14.3 Å². The molecular weight excluding hydrogens is 218 g/mol. The lowest BCUT2D eigenvalue weighted by Gasteiger charge is -2.08. The molecule has 0 aliphatic carbocycles. The number of carbonyl (C=O) groups is 2. The highest BCUT2D eigenvalue weighted by atomic mass is 16.1. The number of amides is 1. The van der Waals surface area contributed by atoms with Gasteiger partial charge in [-0.1, -0.05) is 0 Å². The molecule has 1 aromatic heterocycles. The van der Waals surface area contributed by atoms with E-state index in [0.29, 0.717) is 24.2 Å². The van der Waals surface area contributed by atoms with Crippen molar-refractivity contribution in [1.29, 1.82) is 0 Å². The Kier molecular flexibility index (Phi) is 4.43. The minimum Gasteiger partial charge on any atom is -0.354 e. The summed E-state index contributed by atoms with van der Waals surface area (Å²) in [6.07, 6.45) is 1.18. The van der Waals surface area contributed by atoms with Gasteiger partial charge in [0, 0.05) is 24.7 Å². The first-order chi connectivity index (χ1) is 7.95. The van der Waals surface area contributed by atoms with Crippen molar-refractivity contribution < 1.29 is 9.59 Å². The average molecular weight is 237 g/mol. The third kappa shape index (κ3) is 3.41. The molecule has 0 aliphatic heterocycles. The molecule has 5 heteroatoms. The summed E-state index contributed by atoms with van der Waals surface area (Å²) in [7, 11) is 0. The number of hydrogen-bond acceptors (Lipinski definition) is 3. The molecule has 17 heavy (non-hydrogen) atoms. The van der Waals surface area contributed by atoms with Gasteiger partial charge in [0.15, 0.2) is 6.29 Å². The van der Waals surface area contributed by atoms with E-state index in [4.69, 9.17) is 0 Å². The van der Waals surface area contributed by atoms with E-state index in [2.05, 4.69) is 10.4 Å². The Hall–Kier alpha value is -1.65. The van der Waals surface area contributed by atoms with Crippen molar-refractivity contribution in [2.75, 3.05) is 0 Å². The lowest BCUT2D eigenvalue weighted by atomic mass is 10.2. The van der Waals surface area contributed by atoms with E-state index in [1.165, 1.54) is 0 Å². The van der Waals surface area contributed by atoms with Crippen molar-refractivity contribution in [3.63, 3.8) is 0 Å². The summed E-state index contributed by atoms with van der Waals surface area (Å²) in [6, 6.07) is 0.147. The number of nitrogens with one attached hydrogen (secondary N) is 1. The quantitative estimate of drug-likeness (QED) is 0.783. The van der Waals surface area contributed by atoms with E-state index < -0.39 is 0 Å². The summed E-state index contributed by atoms with van der Waals surface area (Å²) in [5.41, 5.74) is 2.14. The maximum atomic E-state index is 11.5. The summed E-state index contributed by atoms with van der Waals surface area (Å²) in [4.78, 5) is 22.3. The van der Waals surface area contributed by atoms with Crippen LogP contribution in [0.3, 0.4) is 0 Å². The summed E-state index contributed by atoms with van der Waals surface area (Å²) in [5, 5.41) is 7.06. The van der Waals surface area contributed by atoms with Crippen molar-refractivity contribution in [3.05, 3.63) is 17.0 Å². The molecule has 94 valence electrons. The topological polar surface area (TPSA) is 64.0 Å². The van der Waals surface area contributed by atoms with Gasteiger partial charge in [-0.2, -0.15) is 5.10 Å². The Balaban J connectivity index is 2.64. The van der Waals surface area contributed by atoms with Gasteiger partial charge in [0.1, 0.15) is 0 Å². The van der Waals surface area contributed by atoms with Crippen LogP contribution < -0.4 is 5.32 Å². The first kappa shape index (κ1) is 13.4. The van der Waals surface area contributed by atoms with Gasteiger partial charge in [-0.15, -0.1) is 0 Å². The van der Waals surface area contributed by atoms with Gasteiger partial charge in [-0.25, -0.2) is 0 Å². The zero-order valence-corrected chi connectivity index (χ0v) is 10.8.